The molecule has 0 radical (unpaired) electrons. The molecule has 2 N–H and O–H groups in total. The fourth-order valence-corrected chi connectivity index (χ4v) is 4.68. The number of H-pyrrole nitrogens is 2. The normalized spacial score (nSPS) is 14.2. The molecule has 1 fully saturated rings. The molecule has 2 aromatic carbocycles. The van der Waals surface area contributed by atoms with E-state index in [1.165, 1.54) is 10.1 Å². The zero-order valence-electron chi connectivity index (χ0n) is 20.9. The number of nitrogens with one attached hydrogen (secondary N) is 2. The molecular weight excluding hydrogens is 470 g/mol. The highest BCUT2D eigenvalue weighted by Crippen LogP contribution is 2.24. The van der Waals surface area contributed by atoms with E-state index in [2.05, 4.69) is 27.0 Å². The van der Waals surface area contributed by atoms with Gasteiger partial charge in [-0.25, -0.2) is 4.79 Å². The monoisotopic (exact) mass is 501 g/mol. The summed E-state index contributed by atoms with van der Waals surface area (Å²) >= 11 is 0. The molecule has 1 aliphatic heterocycles. The number of amides is 1. The Morgan fingerprint density at radius 1 is 0.946 bits per heavy atom. The van der Waals surface area contributed by atoms with E-state index in [4.69, 9.17) is 4.74 Å². The number of benzene rings is 2. The molecule has 1 aliphatic rings. The van der Waals surface area contributed by atoms with Crippen LogP contribution in [0.4, 0.5) is 0 Å². The number of hydrogen-bond donors (Lipinski definition) is 2. The van der Waals surface area contributed by atoms with Gasteiger partial charge in [0.2, 0.25) is 0 Å². The van der Waals surface area contributed by atoms with Crippen LogP contribution in [0.25, 0.3) is 22.3 Å². The van der Waals surface area contributed by atoms with Crippen molar-refractivity contribution in [3.8, 4) is 17.0 Å². The Kier molecular flexibility index (Phi) is 7.23. The molecule has 0 unspecified atom stereocenters. The molecule has 9 heteroatoms. The Morgan fingerprint density at radius 2 is 1.68 bits per heavy atom. The van der Waals surface area contributed by atoms with Crippen molar-refractivity contribution >= 4 is 16.9 Å². The van der Waals surface area contributed by atoms with Gasteiger partial charge in [-0.05, 0) is 47.9 Å². The fraction of sp³-hybridized carbons (Fsp3) is 0.321. The van der Waals surface area contributed by atoms with Gasteiger partial charge in [-0.3, -0.25) is 19.1 Å². The van der Waals surface area contributed by atoms with Gasteiger partial charge in [-0.15, -0.1) is 0 Å². The molecular formula is C28H31N5O4. The largest absolute Gasteiger partial charge is 0.484 e. The molecule has 3 heterocycles. The molecule has 1 saturated heterocycles. The van der Waals surface area contributed by atoms with Crippen LogP contribution in [0.1, 0.15) is 18.9 Å². The number of fused-ring (bicyclic) bond motifs is 1. The highest BCUT2D eigenvalue weighted by molar-refractivity contribution is 5.82. The Labute approximate surface area is 214 Å². The fourth-order valence-electron chi connectivity index (χ4n) is 4.68. The van der Waals surface area contributed by atoms with Crippen LogP contribution in [0.2, 0.25) is 0 Å². The van der Waals surface area contributed by atoms with Crippen molar-refractivity contribution < 1.29 is 9.53 Å². The SMILES string of the molecule is CCCn1c(=O)[nH]c2cc(-c3ccc(OCC(=O)N4CCN(Cc5ccccc5)CC4)cc3)[nH]c2c1=O. The number of aromatic nitrogens is 3. The molecule has 4 aromatic rings. The number of aromatic amines is 2. The third kappa shape index (κ3) is 5.51. The Balaban J connectivity index is 1.16. The lowest BCUT2D eigenvalue weighted by Gasteiger charge is -2.34. The second-order valence-electron chi connectivity index (χ2n) is 9.31. The summed E-state index contributed by atoms with van der Waals surface area (Å²) < 4.78 is 6.96. The minimum Gasteiger partial charge on any atom is -0.484 e. The van der Waals surface area contributed by atoms with E-state index in [0.29, 0.717) is 48.5 Å². The van der Waals surface area contributed by atoms with E-state index in [1.807, 2.05) is 42.2 Å². The van der Waals surface area contributed by atoms with Gasteiger partial charge in [0.15, 0.2) is 6.61 Å². The number of hydrogen-bond acceptors (Lipinski definition) is 5. The molecule has 0 atom stereocenters. The highest BCUT2D eigenvalue weighted by Gasteiger charge is 2.21. The zero-order valence-corrected chi connectivity index (χ0v) is 20.9. The minimum absolute atomic E-state index is 0.0113. The third-order valence-corrected chi connectivity index (χ3v) is 6.71. The molecule has 0 saturated carbocycles. The van der Waals surface area contributed by atoms with Crippen LogP contribution in [0.5, 0.6) is 5.75 Å². The van der Waals surface area contributed by atoms with Crippen molar-refractivity contribution in [1.82, 2.24) is 24.3 Å². The highest BCUT2D eigenvalue weighted by atomic mass is 16.5. The van der Waals surface area contributed by atoms with Crippen LogP contribution in [0.3, 0.4) is 0 Å². The first-order valence-electron chi connectivity index (χ1n) is 12.6. The van der Waals surface area contributed by atoms with Crippen LogP contribution in [0.15, 0.2) is 70.3 Å². The first-order valence-corrected chi connectivity index (χ1v) is 12.6. The Hall–Kier alpha value is -4.11. The third-order valence-electron chi connectivity index (χ3n) is 6.71. The van der Waals surface area contributed by atoms with Crippen LogP contribution in [0, 0.1) is 0 Å². The Bertz CT molecular complexity index is 1480. The number of carbonyl (C=O) groups excluding carboxylic acids is 1. The zero-order chi connectivity index (χ0) is 25.8. The second kappa shape index (κ2) is 10.9. The van der Waals surface area contributed by atoms with Crippen LogP contribution in [-0.2, 0) is 17.9 Å². The van der Waals surface area contributed by atoms with E-state index in [0.717, 1.165) is 25.2 Å². The Morgan fingerprint density at radius 3 is 2.38 bits per heavy atom. The molecule has 0 bridgehead atoms. The standard InChI is InChI=1S/C28H31N5O4/c1-2-12-33-27(35)26-24(30-28(33)36)17-23(29-26)21-8-10-22(11-9-21)37-19-25(34)32-15-13-31(14-16-32)18-20-6-4-3-5-7-20/h3-11,17,29H,2,12-16,18-19H2,1H3,(H,30,36). The molecule has 5 rings (SSSR count). The van der Waals surface area contributed by atoms with Gasteiger partial charge in [0, 0.05) is 45.0 Å². The molecule has 0 aliphatic carbocycles. The van der Waals surface area contributed by atoms with Crippen molar-refractivity contribution in [3.63, 3.8) is 0 Å². The topological polar surface area (TPSA) is 103 Å². The first kappa shape index (κ1) is 24.6. The van der Waals surface area contributed by atoms with Crippen molar-refractivity contribution in [1.29, 1.82) is 0 Å². The lowest BCUT2D eigenvalue weighted by molar-refractivity contribution is -0.135. The van der Waals surface area contributed by atoms with Gasteiger partial charge in [-0.2, -0.15) is 0 Å². The van der Waals surface area contributed by atoms with Crippen molar-refractivity contribution in [2.75, 3.05) is 32.8 Å². The second-order valence-corrected chi connectivity index (χ2v) is 9.31. The van der Waals surface area contributed by atoms with Crippen molar-refractivity contribution in [3.05, 3.63) is 87.1 Å². The van der Waals surface area contributed by atoms with Gasteiger partial charge in [0.1, 0.15) is 11.3 Å². The van der Waals surface area contributed by atoms with E-state index in [1.54, 1.807) is 18.2 Å². The van der Waals surface area contributed by atoms with E-state index >= 15 is 0 Å². The van der Waals surface area contributed by atoms with E-state index in [9.17, 15) is 14.4 Å². The van der Waals surface area contributed by atoms with Crippen molar-refractivity contribution in [2.45, 2.75) is 26.4 Å². The lowest BCUT2D eigenvalue weighted by Crippen LogP contribution is -2.49. The maximum Gasteiger partial charge on any atom is 0.328 e. The summed E-state index contributed by atoms with van der Waals surface area (Å²) in [7, 11) is 0. The van der Waals surface area contributed by atoms with E-state index in [-0.39, 0.29) is 18.1 Å². The summed E-state index contributed by atoms with van der Waals surface area (Å²) in [6.45, 7) is 6.23. The molecule has 37 heavy (non-hydrogen) atoms. The maximum absolute atomic E-state index is 12.7. The summed E-state index contributed by atoms with van der Waals surface area (Å²) in [4.78, 5) is 47.7. The molecule has 192 valence electrons. The molecule has 9 nitrogen and oxygen atoms in total. The summed E-state index contributed by atoms with van der Waals surface area (Å²) in [6, 6.07) is 19.4. The molecule has 2 aromatic heterocycles. The number of nitrogens with zero attached hydrogens (tertiary/aromatic N) is 3. The van der Waals surface area contributed by atoms with Crippen LogP contribution < -0.4 is 16.0 Å². The van der Waals surface area contributed by atoms with Gasteiger partial charge in [0.05, 0.1) is 5.52 Å². The lowest BCUT2D eigenvalue weighted by atomic mass is 10.1. The van der Waals surface area contributed by atoms with Crippen LogP contribution >= 0.6 is 0 Å². The quantitative estimate of drug-likeness (QED) is 0.387. The minimum atomic E-state index is -0.407. The average molecular weight is 502 g/mol. The van der Waals surface area contributed by atoms with Crippen molar-refractivity contribution in [2.24, 2.45) is 0 Å². The average Bonchev–Trinajstić information content (AvgIpc) is 3.35. The predicted molar refractivity (Wildman–Crippen MR) is 143 cm³/mol. The number of carbonyl (C=O) groups is 1. The smallest absolute Gasteiger partial charge is 0.328 e. The van der Waals surface area contributed by atoms with Gasteiger partial charge >= 0.3 is 5.69 Å². The number of rotatable bonds is 8. The summed E-state index contributed by atoms with van der Waals surface area (Å²) in [6.07, 6.45) is 0.691. The van der Waals surface area contributed by atoms with Crippen LogP contribution in [-0.4, -0.2) is 63.0 Å². The summed E-state index contributed by atoms with van der Waals surface area (Å²) in [5, 5.41) is 0. The molecule has 1 amide bonds. The predicted octanol–water partition coefficient (Wildman–Crippen LogP) is 2.82. The van der Waals surface area contributed by atoms with Gasteiger partial charge in [-0.1, -0.05) is 37.3 Å². The van der Waals surface area contributed by atoms with E-state index < -0.39 is 5.69 Å². The number of piperazine rings is 1. The summed E-state index contributed by atoms with van der Waals surface area (Å²) in [5.74, 6) is 0.570. The van der Waals surface area contributed by atoms with Gasteiger partial charge < -0.3 is 19.6 Å². The summed E-state index contributed by atoms with van der Waals surface area (Å²) in [5.41, 5.74) is 2.95. The number of ether oxygens (including phenoxy) is 1. The first-order chi connectivity index (χ1) is 18.0. The molecule has 0 spiro atoms. The maximum atomic E-state index is 12.7. The van der Waals surface area contributed by atoms with Gasteiger partial charge in [0.25, 0.3) is 11.5 Å².